The van der Waals surface area contributed by atoms with E-state index in [1.54, 1.807) is 30.6 Å². The smallest absolute Gasteiger partial charge is 0.258 e. The molecule has 1 aromatic carbocycles. The molecule has 100 valence electrons. The maximum Gasteiger partial charge on any atom is 0.258 e. The summed E-state index contributed by atoms with van der Waals surface area (Å²) in [6.45, 7) is 1.70. The number of hydrogen-bond donors (Lipinski definition) is 3. The average molecular weight is 261 g/mol. The van der Waals surface area contributed by atoms with Gasteiger partial charge in [0.1, 0.15) is 0 Å². The highest BCUT2D eigenvalue weighted by molar-refractivity contribution is 5.78. The summed E-state index contributed by atoms with van der Waals surface area (Å²) < 4.78 is 5.23. The Labute approximate surface area is 110 Å². The van der Waals surface area contributed by atoms with Gasteiger partial charge in [-0.1, -0.05) is 12.1 Å². The highest BCUT2D eigenvalue weighted by atomic mass is 16.5. The number of aromatic amines is 1. The molecule has 6 nitrogen and oxygen atoms in total. The van der Waals surface area contributed by atoms with Crippen LogP contribution in [0.4, 0.5) is 0 Å². The summed E-state index contributed by atoms with van der Waals surface area (Å²) in [6, 6.07) is 6.35. The van der Waals surface area contributed by atoms with Crippen LogP contribution in [0.5, 0.6) is 11.5 Å². The van der Waals surface area contributed by atoms with Gasteiger partial charge in [-0.25, -0.2) is 0 Å². The Kier molecular flexibility index (Phi) is 4.02. The number of benzene rings is 1. The molecule has 6 heteroatoms. The van der Waals surface area contributed by atoms with Crippen molar-refractivity contribution in [3.8, 4) is 11.5 Å². The minimum Gasteiger partial charge on any atom is -0.504 e. The van der Waals surface area contributed by atoms with E-state index in [0.717, 1.165) is 5.56 Å². The highest BCUT2D eigenvalue weighted by Gasteiger charge is 2.11. The van der Waals surface area contributed by atoms with Gasteiger partial charge in [0.2, 0.25) is 0 Å². The molecule has 19 heavy (non-hydrogen) atoms. The third-order valence-electron chi connectivity index (χ3n) is 2.62. The predicted molar refractivity (Wildman–Crippen MR) is 68.7 cm³/mol. The van der Waals surface area contributed by atoms with Crippen molar-refractivity contribution in [1.82, 2.24) is 15.5 Å². The quantitative estimate of drug-likeness (QED) is 0.758. The van der Waals surface area contributed by atoms with Crippen molar-refractivity contribution in [2.45, 2.75) is 13.0 Å². The van der Waals surface area contributed by atoms with E-state index < -0.39 is 0 Å². The topological polar surface area (TPSA) is 87.2 Å². The molecule has 0 spiro atoms. The lowest BCUT2D eigenvalue weighted by molar-refractivity contribution is -0.123. The van der Waals surface area contributed by atoms with E-state index in [9.17, 15) is 9.90 Å². The lowest BCUT2D eigenvalue weighted by Gasteiger charge is -2.13. The van der Waals surface area contributed by atoms with Crippen molar-refractivity contribution in [1.29, 1.82) is 0 Å². The maximum absolute atomic E-state index is 11.7. The molecule has 2 aromatic rings. The number of carbonyl (C=O) groups excluding carboxylic acids is 1. The fourth-order valence-corrected chi connectivity index (χ4v) is 1.59. The van der Waals surface area contributed by atoms with Gasteiger partial charge in [0, 0.05) is 11.8 Å². The zero-order valence-electron chi connectivity index (χ0n) is 10.5. The third kappa shape index (κ3) is 3.48. The van der Waals surface area contributed by atoms with Crippen LogP contribution in [0.15, 0.2) is 36.7 Å². The van der Waals surface area contributed by atoms with Gasteiger partial charge in [-0.15, -0.1) is 0 Å². The van der Waals surface area contributed by atoms with Gasteiger partial charge in [0.15, 0.2) is 18.1 Å². The molecule has 0 fully saturated rings. The van der Waals surface area contributed by atoms with E-state index in [1.807, 2.05) is 6.92 Å². The second kappa shape index (κ2) is 5.90. The standard InChI is InChI=1S/C13H15N3O3/c1-9(10-6-14-15-7-10)16-13(18)8-19-12-5-3-2-4-11(12)17/h2-7,9,17H,8H2,1H3,(H,14,15)(H,16,18). The number of nitrogens with zero attached hydrogens (tertiary/aromatic N) is 1. The average Bonchev–Trinajstić information content (AvgIpc) is 2.91. The molecule has 0 saturated heterocycles. The molecule has 1 atom stereocenters. The Morgan fingerprint density at radius 3 is 3.00 bits per heavy atom. The molecule has 2 rings (SSSR count). The number of amides is 1. The van der Waals surface area contributed by atoms with Crippen LogP contribution in [0, 0.1) is 0 Å². The minimum atomic E-state index is -0.267. The van der Waals surface area contributed by atoms with Crippen LogP contribution in [0.1, 0.15) is 18.5 Å². The molecule has 1 aromatic heterocycles. The van der Waals surface area contributed by atoms with E-state index in [4.69, 9.17) is 4.74 Å². The minimum absolute atomic E-state index is 0.0122. The number of para-hydroxylation sites is 2. The Morgan fingerprint density at radius 2 is 2.32 bits per heavy atom. The Morgan fingerprint density at radius 1 is 1.53 bits per heavy atom. The number of rotatable bonds is 5. The van der Waals surface area contributed by atoms with E-state index in [2.05, 4.69) is 15.5 Å². The van der Waals surface area contributed by atoms with Crippen molar-refractivity contribution < 1.29 is 14.6 Å². The summed E-state index contributed by atoms with van der Waals surface area (Å²) in [7, 11) is 0. The predicted octanol–water partition coefficient (Wildman–Crippen LogP) is 1.37. The van der Waals surface area contributed by atoms with Gasteiger partial charge >= 0.3 is 0 Å². The first-order chi connectivity index (χ1) is 9.16. The van der Waals surface area contributed by atoms with Crippen LogP contribution in [0.2, 0.25) is 0 Å². The van der Waals surface area contributed by atoms with Gasteiger partial charge in [0.05, 0.1) is 12.2 Å². The molecule has 1 heterocycles. The number of aromatic hydroxyl groups is 1. The number of H-pyrrole nitrogens is 1. The van der Waals surface area contributed by atoms with Gasteiger partial charge in [-0.2, -0.15) is 5.10 Å². The van der Waals surface area contributed by atoms with Crippen molar-refractivity contribution in [3.63, 3.8) is 0 Å². The maximum atomic E-state index is 11.7. The first-order valence-electron chi connectivity index (χ1n) is 5.85. The van der Waals surface area contributed by atoms with E-state index in [-0.39, 0.29) is 30.1 Å². The zero-order chi connectivity index (χ0) is 13.7. The van der Waals surface area contributed by atoms with E-state index >= 15 is 0 Å². The van der Waals surface area contributed by atoms with E-state index in [0.29, 0.717) is 0 Å². The molecular weight excluding hydrogens is 246 g/mol. The fraction of sp³-hybridized carbons (Fsp3) is 0.231. The van der Waals surface area contributed by atoms with E-state index in [1.165, 1.54) is 6.07 Å². The zero-order valence-corrected chi connectivity index (χ0v) is 10.5. The molecule has 0 radical (unpaired) electrons. The number of hydrogen-bond acceptors (Lipinski definition) is 4. The lowest BCUT2D eigenvalue weighted by atomic mass is 10.2. The van der Waals surface area contributed by atoms with Crippen LogP contribution in [-0.4, -0.2) is 27.8 Å². The molecule has 0 bridgehead atoms. The van der Waals surface area contributed by atoms with Crippen LogP contribution in [0.3, 0.4) is 0 Å². The summed E-state index contributed by atoms with van der Waals surface area (Å²) in [5.41, 5.74) is 0.885. The summed E-state index contributed by atoms with van der Waals surface area (Å²) in [5.74, 6) is 0.0313. The molecule has 0 aliphatic carbocycles. The lowest BCUT2D eigenvalue weighted by Crippen LogP contribution is -2.31. The first-order valence-corrected chi connectivity index (χ1v) is 5.85. The van der Waals surface area contributed by atoms with Crippen LogP contribution < -0.4 is 10.1 Å². The summed E-state index contributed by atoms with van der Waals surface area (Å²) in [4.78, 5) is 11.7. The normalized spacial score (nSPS) is 11.8. The number of aromatic nitrogens is 2. The van der Waals surface area contributed by atoms with Crippen molar-refractivity contribution in [2.24, 2.45) is 0 Å². The van der Waals surface area contributed by atoms with Crippen LogP contribution >= 0.6 is 0 Å². The second-order valence-electron chi connectivity index (χ2n) is 4.08. The molecule has 3 N–H and O–H groups in total. The summed E-state index contributed by atoms with van der Waals surface area (Å²) in [5, 5.41) is 18.8. The largest absolute Gasteiger partial charge is 0.504 e. The highest BCUT2D eigenvalue weighted by Crippen LogP contribution is 2.24. The number of phenols is 1. The molecule has 0 saturated carbocycles. The fourth-order valence-electron chi connectivity index (χ4n) is 1.59. The second-order valence-corrected chi connectivity index (χ2v) is 4.08. The number of nitrogens with one attached hydrogen (secondary N) is 2. The van der Waals surface area contributed by atoms with Gasteiger partial charge < -0.3 is 15.2 Å². The Bertz CT molecular complexity index is 540. The summed E-state index contributed by atoms with van der Waals surface area (Å²) in [6.07, 6.45) is 3.36. The van der Waals surface area contributed by atoms with Crippen molar-refractivity contribution >= 4 is 5.91 Å². The van der Waals surface area contributed by atoms with Gasteiger partial charge in [-0.05, 0) is 19.1 Å². The molecule has 1 unspecified atom stereocenters. The van der Waals surface area contributed by atoms with Gasteiger partial charge in [-0.3, -0.25) is 9.89 Å². The Hall–Kier alpha value is -2.50. The number of ether oxygens (including phenoxy) is 1. The molecular formula is C13H15N3O3. The molecule has 0 aliphatic heterocycles. The number of phenolic OH excluding ortho intramolecular Hbond substituents is 1. The Balaban J connectivity index is 1.84. The molecule has 0 aliphatic rings. The monoisotopic (exact) mass is 261 g/mol. The number of carbonyl (C=O) groups is 1. The summed E-state index contributed by atoms with van der Waals surface area (Å²) >= 11 is 0. The van der Waals surface area contributed by atoms with Crippen LogP contribution in [0.25, 0.3) is 0 Å². The SMILES string of the molecule is CC(NC(=O)COc1ccccc1O)c1cn[nH]c1. The first kappa shape index (κ1) is 12.9. The van der Waals surface area contributed by atoms with Gasteiger partial charge in [0.25, 0.3) is 5.91 Å². The third-order valence-corrected chi connectivity index (χ3v) is 2.62. The van der Waals surface area contributed by atoms with Crippen molar-refractivity contribution in [3.05, 3.63) is 42.2 Å². The van der Waals surface area contributed by atoms with Crippen molar-refractivity contribution in [2.75, 3.05) is 6.61 Å². The molecule has 1 amide bonds. The van der Waals surface area contributed by atoms with Crippen LogP contribution in [-0.2, 0) is 4.79 Å².